The molecule has 160 valence electrons. The Morgan fingerprint density at radius 3 is 2.13 bits per heavy atom. The van der Waals surface area contributed by atoms with E-state index in [0.717, 1.165) is 41.5 Å². The van der Waals surface area contributed by atoms with Gasteiger partial charge < -0.3 is 0 Å². The van der Waals surface area contributed by atoms with Gasteiger partial charge in [0.05, 0.1) is 44.5 Å². The summed E-state index contributed by atoms with van der Waals surface area (Å²) in [5.41, 5.74) is 3.45. The maximum absolute atomic E-state index is 13.7. The number of benzene rings is 2. The summed E-state index contributed by atoms with van der Waals surface area (Å²) in [6, 6.07) is 6.92. The number of amides is 1. The number of carbonyl (C=O) groups excluding carboxylic acids is 1. The van der Waals surface area contributed by atoms with Crippen LogP contribution < -0.4 is 0 Å². The molecule has 0 saturated carbocycles. The maximum atomic E-state index is 13.7. The van der Waals surface area contributed by atoms with Gasteiger partial charge in [-0.2, -0.15) is 10.2 Å². The summed E-state index contributed by atoms with van der Waals surface area (Å²) in [6.07, 6.45) is 5.51. The van der Waals surface area contributed by atoms with Gasteiger partial charge in [-0.1, -0.05) is 66.2 Å². The Labute approximate surface area is 200 Å². The first-order valence-electron chi connectivity index (χ1n) is 10.1. The number of hydrazone groups is 2. The van der Waals surface area contributed by atoms with Gasteiger partial charge in [-0.3, -0.25) is 9.80 Å². The molecule has 0 aliphatic carbocycles. The molecule has 1 amide bonds. The molecular formula is C22H18Cl4N4O. The molecule has 31 heavy (non-hydrogen) atoms. The van der Waals surface area contributed by atoms with Gasteiger partial charge in [0.1, 0.15) is 0 Å². The first-order valence-corrected chi connectivity index (χ1v) is 11.6. The quantitative estimate of drug-likeness (QED) is 0.476. The van der Waals surface area contributed by atoms with Crippen LogP contribution in [-0.2, 0) is 4.79 Å². The number of carbonyl (C=O) groups is 1. The van der Waals surface area contributed by atoms with E-state index in [1.165, 1.54) is 5.01 Å². The van der Waals surface area contributed by atoms with E-state index in [9.17, 15) is 4.79 Å². The minimum Gasteiger partial charge on any atom is -0.272 e. The van der Waals surface area contributed by atoms with Crippen LogP contribution in [-0.4, -0.2) is 28.4 Å². The summed E-state index contributed by atoms with van der Waals surface area (Å²) in [5.74, 6) is -0.354. The number of unbranched alkanes of at least 4 members (excludes halogenated alkanes) is 1. The molecule has 3 aliphatic rings. The number of hydrogen-bond acceptors (Lipinski definition) is 4. The zero-order chi connectivity index (χ0) is 21.9. The van der Waals surface area contributed by atoms with E-state index in [1.54, 1.807) is 30.6 Å². The lowest BCUT2D eigenvalue weighted by molar-refractivity contribution is -0.161. The minimum atomic E-state index is -0.524. The van der Waals surface area contributed by atoms with Crippen LogP contribution in [0.2, 0.25) is 20.1 Å². The van der Waals surface area contributed by atoms with Crippen molar-refractivity contribution in [1.82, 2.24) is 10.0 Å². The lowest BCUT2D eigenvalue weighted by Gasteiger charge is -2.51. The van der Waals surface area contributed by atoms with Gasteiger partial charge in [-0.15, -0.1) is 0 Å². The van der Waals surface area contributed by atoms with Crippen molar-refractivity contribution in [3.8, 4) is 0 Å². The number of rotatable bonds is 3. The van der Waals surface area contributed by atoms with Gasteiger partial charge in [0, 0.05) is 16.7 Å². The van der Waals surface area contributed by atoms with Crippen molar-refractivity contribution in [2.75, 3.05) is 0 Å². The predicted octanol–water partition coefficient (Wildman–Crippen LogP) is 6.69. The summed E-state index contributed by atoms with van der Waals surface area (Å²) in [6.45, 7) is 2.11. The summed E-state index contributed by atoms with van der Waals surface area (Å²) in [4.78, 5) is 13.7. The Morgan fingerprint density at radius 1 is 0.871 bits per heavy atom. The summed E-state index contributed by atoms with van der Waals surface area (Å²) < 4.78 is 0. The number of nitrogens with zero attached hydrogens (tertiary/aromatic N) is 4. The Hall–Kier alpha value is -1.79. The minimum absolute atomic E-state index is 0.0400. The fourth-order valence-electron chi connectivity index (χ4n) is 4.58. The first kappa shape index (κ1) is 21.1. The number of hydrogen-bond donors (Lipinski definition) is 0. The van der Waals surface area contributed by atoms with Gasteiger partial charge >= 0.3 is 0 Å². The second-order valence-electron chi connectivity index (χ2n) is 7.91. The SMILES string of the molecule is CCCCC1C(=O)N2N=Cc3cc(Cl)c(Cl)cc3C2N2N=Cc3cc(Cl)c(Cl)cc3C12. The van der Waals surface area contributed by atoms with E-state index in [-0.39, 0.29) is 17.9 Å². The van der Waals surface area contributed by atoms with Gasteiger partial charge in [-0.05, 0) is 36.2 Å². The predicted molar refractivity (Wildman–Crippen MR) is 125 cm³/mol. The van der Waals surface area contributed by atoms with Crippen LogP contribution in [0.1, 0.15) is 60.6 Å². The van der Waals surface area contributed by atoms with Crippen molar-refractivity contribution < 1.29 is 4.79 Å². The lowest BCUT2D eigenvalue weighted by atomic mass is 9.81. The molecule has 0 radical (unpaired) electrons. The van der Waals surface area contributed by atoms with Crippen LogP contribution in [0.25, 0.3) is 0 Å². The molecule has 3 unspecified atom stereocenters. The van der Waals surface area contributed by atoms with Crippen LogP contribution in [0, 0.1) is 5.92 Å². The van der Waals surface area contributed by atoms with E-state index in [0.29, 0.717) is 20.1 Å². The second-order valence-corrected chi connectivity index (χ2v) is 9.54. The van der Waals surface area contributed by atoms with Crippen LogP contribution >= 0.6 is 46.4 Å². The molecule has 3 aliphatic heterocycles. The molecule has 3 atom stereocenters. The number of halogens is 4. The Kier molecular flexibility index (Phi) is 5.41. The Morgan fingerprint density at radius 2 is 1.45 bits per heavy atom. The molecule has 2 aromatic carbocycles. The molecule has 0 aromatic heterocycles. The average molecular weight is 496 g/mol. The smallest absolute Gasteiger partial charge is 0.250 e. The van der Waals surface area contributed by atoms with Crippen LogP contribution in [0.15, 0.2) is 34.5 Å². The molecule has 5 rings (SSSR count). The Bertz CT molecular complexity index is 1150. The molecular weight excluding hydrogens is 478 g/mol. The first-order chi connectivity index (χ1) is 14.9. The normalized spacial score (nSPS) is 23.4. The highest BCUT2D eigenvalue weighted by Crippen LogP contribution is 2.50. The molecule has 0 spiro atoms. The topological polar surface area (TPSA) is 48.3 Å². The van der Waals surface area contributed by atoms with Crippen molar-refractivity contribution in [2.45, 2.75) is 38.4 Å². The average Bonchev–Trinajstić information content (AvgIpc) is 2.75. The second kappa shape index (κ2) is 7.96. The fraction of sp³-hybridized carbons (Fsp3) is 0.318. The van der Waals surface area contributed by atoms with Gasteiger partial charge in [0.2, 0.25) is 0 Å². The third-order valence-corrected chi connectivity index (χ3v) is 7.50. The van der Waals surface area contributed by atoms with Crippen LogP contribution in [0.5, 0.6) is 0 Å². The van der Waals surface area contributed by atoms with Crippen LogP contribution in [0.3, 0.4) is 0 Å². The van der Waals surface area contributed by atoms with Gasteiger partial charge in [0.25, 0.3) is 5.91 Å². The highest BCUT2D eigenvalue weighted by molar-refractivity contribution is 6.42. The molecule has 2 aromatic rings. The highest BCUT2D eigenvalue weighted by atomic mass is 35.5. The van der Waals surface area contributed by atoms with Crippen molar-refractivity contribution in [3.05, 3.63) is 66.6 Å². The summed E-state index contributed by atoms with van der Waals surface area (Å²) in [7, 11) is 0. The van der Waals surface area contributed by atoms with Gasteiger partial charge in [-0.25, -0.2) is 5.01 Å². The monoisotopic (exact) mass is 494 g/mol. The molecule has 5 nitrogen and oxygen atoms in total. The molecule has 0 bridgehead atoms. The summed E-state index contributed by atoms with van der Waals surface area (Å²) in [5, 5.41) is 14.5. The third-order valence-electron chi connectivity index (χ3n) is 6.06. The third kappa shape index (κ3) is 3.34. The van der Waals surface area contributed by atoms with Crippen molar-refractivity contribution >= 4 is 64.7 Å². The van der Waals surface area contributed by atoms with E-state index in [4.69, 9.17) is 51.5 Å². The molecule has 1 saturated heterocycles. The van der Waals surface area contributed by atoms with Crippen LogP contribution in [0.4, 0.5) is 0 Å². The van der Waals surface area contributed by atoms with E-state index in [2.05, 4.69) is 12.0 Å². The highest BCUT2D eigenvalue weighted by Gasteiger charge is 2.51. The van der Waals surface area contributed by atoms with E-state index >= 15 is 0 Å². The fourth-order valence-corrected chi connectivity index (χ4v) is 5.27. The van der Waals surface area contributed by atoms with Crippen molar-refractivity contribution in [1.29, 1.82) is 0 Å². The largest absolute Gasteiger partial charge is 0.272 e. The summed E-state index contributed by atoms with van der Waals surface area (Å²) >= 11 is 25.2. The lowest BCUT2D eigenvalue weighted by Crippen LogP contribution is -2.55. The van der Waals surface area contributed by atoms with Gasteiger partial charge in [0.15, 0.2) is 6.17 Å². The van der Waals surface area contributed by atoms with E-state index in [1.807, 2.05) is 11.1 Å². The molecule has 3 heterocycles. The zero-order valence-corrected chi connectivity index (χ0v) is 19.6. The molecule has 9 heteroatoms. The van der Waals surface area contributed by atoms with E-state index < -0.39 is 6.17 Å². The Balaban J connectivity index is 1.69. The van der Waals surface area contributed by atoms with Crippen molar-refractivity contribution in [2.24, 2.45) is 16.1 Å². The zero-order valence-electron chi connectivity index (χ0n) is 16.5. The number of fused-ring (bicyclic) bond motifs is 7. The standard InChI is InChI=1S/C22H18Cl4N4O/c1-2-3-4-13-20-14-7-18(25)16(23)5-11(14)9-27-29(20)21-15-8-19(26)17(24)6-12(15)10-28-30(21)22(13)31/h5-10,13,20-21H,2-4H2,1H3. The molecule has 0 N–H and O–H groups in total. The molecule has 1 fully saturated rings. The maximum Gasteiger partial charge on any atom is 0.250 e. The van der Waals surface area contributed by atoms with Crippen molar-refractivity contribution in [3.63, 3.8) is 0 Å².